The molecule has 2 atom stereocenters. The monoisotopic (exact) mass is 478 g/mol. The van der Waals surface area contributed by atoms with Crippen molar-refractivity contribution in [2.45, 2.75) is 38.1 Å². The van der Waals surface area contributed by atoms with Gasteiger partial charge in [-0.3, -0.25) is 9.80 Å². The van der Waals surface area contributed by atoms with Gasteiger partial charge in [0, 0.05) is 39.3 Å². The van der Waals surface area contributed by atoms with Gasteiger partial charge in [-0.05, 0) is 46.5 Å². The van der Waals surface area contributed by atoms with Crippen molar-refractivity contribution in [2.24, 2.45) is 0 Å². The molecule has 1 aromatic heterocycles. The van der Waals surface area contributed by atoms with Gasteiger partial charge in [-0.15, -0.1) is 5.10 Å². The zero-order valence-electron chi connectivity index (χ0n) is 20.5. The summed E-state index contributed by atoms with van der Waals surface area (Å²) in [6.45, 7) is 6.23. The van der Waals surface area contributed by atoms with Gasteiger partial charge < -0.3 is 14.2 Å². The topological polar surface area (TPSA) is 77.8 Å². The van der Waals surface area contributed by atoms with Crippen molar-refractivity contribution in [3.05, 3.63) is 65.5 Å². The SMILES string of the molecule is COc1ccc([C@H](c2nnnn2C[C@@H]2CCCO2)N2CCN(Cc3ccccc3)CC2)cc1OC. The van der Waals surface area contributed by atoms with Crippen LogP contribution in [0.2, 0.25) is 0 Å². The van der Waals surface area contributed by atoms with Gasteiger partial charge in [-0.25, -0.2) is 4.68 Å². The molecular formula is C26H34N6O3. The van der Waals surface area contributed by atoms with E-state index in [9.17, 15) is 0 Å². The lowest BCUT2D eigenvalue weighted by Crippen LogP contribution is -2.48. The fraction of sp³-hybridized carbons (Fsp3) is 0.500. The molecule has 0 N–H and O–H groups in total. The number of piperazine rings is 1. The van der Waals surface area contributed by atoms with E-state index in [1.54, 1.807) is 14.2 Å². The van der Waals surface area contributed by atoms with E-state index >= 15 is 0 Å². The third-order valence-electron chi connectivity index (χ3n) is 6.95. The van der Waals surface area contributed by atoms with E-state index in [1.807, 2.05) is 16.8 Å². The van der Waals surface area contributed by atoms with E-state index < -0.39 is 0 Å². The first-order chi connectivity index (χ1) is 17.2. The first kappa shape index (κ1) is 23.7. The molecule has 0 bridgehead atoms. The molecule has 9 nitrogen and oxygen atoms in total. The molecule has 3 aromatic rings. The van der Waals surface area contributed by atoms with Crippen LogP contribution in [0.3, 0.4) is 0 Å². The van der Waals surface area contributed by atoms with Crippen LogP contribution in [-0.4, -0.2) is 83.1 Å². The summed E-state index contributed by atoms with van der Waals surface area (Å²) in [5.41, 5.74) is 2.43. The smallest absolute Gasteiger partial charge is 0.173 e. The lowest BCUT2D eigenvalue weighted by atomic mass is 10.0. The lowest BCUT2D eigenvalue weighted by molar-refractivity contribution is 0.0841. The van der Waals surface area contributed by atoms with Crippen molar-refractivity contribution in [2.75, 3.05) is 47.0 Å². The van der Waals surface area contributed by atoms with Gasteiger partial charge in [-0.1, -0.05) is 36.4 Å². The molecule has 2 aliphatic heterocycles. The van der Waals surface area contributed by atoms with Crippen LogP contribution in [0.15, 0.2) is 48.5 Å². The van der Waals surface area contributed by atoms with Crippen molar-refractivity contribution in [1.29, 1.82) is 0 Å². The molecule has 2 saturated heterocycles. The van der Waals surface area contributed by atoms with Crippen molar-refractivity contribution in [3.8, 4) is 11.5 Å². The molecule has 186 valence electrons. The molecule has 2 aliphatic rings. The molecule has 5 rings (SSSR count). The van der Waals surface area contributed by atoms with E-state index in [0.29, 0.717) is 18.0 Å². The van der Waals surface area contributed by atoms with E-state index in [1.165, 1.54) is 5.56 Å². The maximum absolute atomic E-state index is 5.88. The summed E-state index contributed by atoms with van der Waals surface area (Å²) in [6.07, 6.45) is 2.29. The number of ether oxygens (including phenoxy) is 3. The molecule has 0 radical (unpaired) electrons. The van der Waals surface area contributed by atoms with Crippen LogP contribution in [0.5, 0.6) is 11.5 Å². The molecule has 2 aromatic carbocycles. The highest BCUT2D eigenvalue weighted by Crippen LogP contribution is 2.35. The van der Waals surface area contributed by atoms with Crippen LogP contribution in [0.4, 0.5) is 0 Å². The zero-order valence-corrected chi connectivity index (χ0v) is 20.5. The largest absolute Gasteiger partial charge is 0.493 e. The van der Waals surface area contributed by atoms with Crippen molar-refractivity contribution in [3.63, 3.8) is 0 Å². The molecule has 9 heteroatoms. The minimum Gasteiger partial charge on any atom is -0.493 e. The fourth-order valence-corrected chi connectivity index (χ4v) is 5.09. The zero-order chi connectivity index (χ0) is 24.0. The van der Waals surface area contributed by atoms with E-state index in [-0.39, 0.29) is 12.1 Å². The molecule has 0 aliphatic carbocycles. The van der Waals surface area contributed by atoms with Crippen LogP contribution < -0.4 is 9.47 Å². The quantitative estimate of drug-likeness (QED) is 0.465. The molecule has 0 amide bonds. The Morgan fingerprint density at radius 3 is 2.51 bits per heavy atom. The Morgan fingerprint density at radius 1 is 1.00 bits per heavy atom. The Bertz CT molecular complexity index is 1080. The summed E-state index contributed by atoms with van der Waals surface area (Å²) >= 11 is 0. The molecular weight excluding hydrogens is 444 g/mol. The third-order valence-corrected chi connectivity index (χ3v) is 6.95. The summed E-state index contributed by atoms with van der Waals surface area (Å²) in [5, 5.41) is 12.9. The predicted octanol–water partition coefficient (Wildman–Crippen LogP) is 2.78. The second-order valence-corrected chi connectivity index (χ2v) is 9.17. The van der Waals surface area contributed by atoms with Gasteiger partial charge in [0.1, 0.15) is 0 Å². The van der Waals surface area contributed by atoms with Gasteiger partial charge in [0.25, 0.3) is 0 Å². The molecule has 2 fully saturated rings. The molecule has 35 heavy (non-hydrogen) atoms. The van der Waals surface area contributed by atoms with Gasteiger partial charge in [-0.2, -0.15) is 0 Å². The maximum atomic E-state index is 5.88. The molecule has 0 saturated carbocycles. The Labute approximate surface area is 206 Å². The number of methoxy groups -OCH3 is 2. The summed E-state index contributed by atoms with van der Waals surface area (Å²) in [5.74, 6) is 2.25. The standard InChI is InChI=1S/C26H34N6O3/c1-33-23-11-10-21(17-24(23)34-2)25(26-27-28-29-32(26)19-22-9-6-16-35-22)31-14-12-30(13-15-31)18-20-7-4-3-5-8-20/h3-5,7-8,10-11,17,22,25H,6,9,12-16,18-19H2,1-2H3/t22-,25+/m0/s1. The second-order valence-electron chi connectivity index (χ2n) is 9.17. The lowest BCUT2D eigenvalue weighted by Gasteiger charge is -2.39. The highest BCUT2D eigenvalue weighted by molar-refractivity contribution is 5.45. The Hall–Kier alpha value is -3.01. The van der Waals surface area contributed by atoms with E-state index in [4.69, 9.17) is 14.2 Å². The van der Waals surface area contributed by atoms with Crippen molar-refractivity contribution in [1.82, 2.24) is 30.0 Å². The summed E-state index contributed by atoms with van der Waals surface area (Å²) in [6, 6.07) is 16.7. The maximum Gasteiger partial charge on any atom is 0.173 e. The highest BCUT2D eigenvalue weighted by Gasteiger charge is 2.32. The minimum absolute atomic E-state index is 0.0925. The number of aromatic nitrogens is 4. The Balaban J connectivity index is 1.40. The normalized spacial score (nSPS) is 20.1. The highest BCUT2D eigenvalue weighted by atomic mass is 16.5. The first-order valence-corrected chi connectivity index (χ1v) is 12.3. The number of hydrogen-bond acceptors (Lipinski definition) is 8. The van der Waals surface area contributed by atoms with Crippen LogP contribution in [0.1, 0.15) is 35.8 Å². The van der Waals surface area contributed by atoms with E-state index in [2.05, 4.69) is 61.7 Å². The van der Waals surface area contributed by atoms with E-state index in [0.717, 1.165) is 63.6 Å². The second kappa shape index (κ2) is 11.2. The fourth-order valence-electron chi connectivity index (χ4n) is 5.09. The Kier molecular flexibility index (Phi) is 7.56. The number of tetrazole rings is 1. The molecule has 0 spiro atoms. The third kappa shape index (κ3) is 5.47. The first-order valence-electron chi connectivity index (χ1n) is 12.3. The molecule has 3 heterocycles. The van der Waals surface area contributed by atoms with Crippen LogP contribution in [0.25, 0.3) is 0 Å². The van der Waals surface area contributed by atoms with Crippen molar-refractivity contribution < 1.29 is 14.2 Å². The summed E-state index contributed by atoms with van der Waals surface area (Å²) in [4.78, 5) is 4.98. The number of hydrogen-bond donors (Lipinski definition) is 0. The number of nitrogens with zero attached hydrogens (tertiary/aromatic N) is 6. The minimum atomic E-state index is -0.0925. The van der Waals surface area contributed by atoms with Crippen LogP contribution in [-0.2, 0) is 17.8 Å². The average Bonchev–Trinajstić information content (AvgIpc) is 3.59. The van der Waals surface area contributed by atoms with Gasteiger partial charge >= 0.3 is 0 Å². The van der Waals surface area contributed by atoms with Crippen LogP contribution in [0, 0.1) is 0 Å². The number of benzene rings is 2. The van der Waals surface area contributed by atoms with Crippen LogP contribution >= 0.6 is 0 Å². The Morgan fingerprint density at radius 2 is 1.80 bits per heavy atom. The van der Waals surface area contributed by atoms with Gasteiger partial charge in [0.15, 0.2) is 17.3 Å². The predicted molar refractivity (Wildman–Crippen MR) is 131 cm³/mol. The molecule has 0 unspecified atom stereocenters. The summed E-state index contributed by atoms with van der Waals surface area (Å²) < 4.78 is 18.9. The number of rotatable bonds is 9. The average molecular weight is 479 g/mol. The summed E-state index contributed by atoms with van der Waals surface area (Å²) in [7, 11) is 3.32. The van der Waals surface area contributed by atoms with Crippen molar-refractivity contribution >= 4 is 0 Å². The van der Waals surface area contributed by atoms with Gasteiger partial charge in [0.05, 0.1) is 32.9 Å². The van der Waals surface area contributed by atoms with Gasteiger partial charge in [0.2, 0.25) is 0 Å².